The fraction of sp³-hybridized carbons (Fsp3) is 0.571. The number of aliphatic carboxylic acids is 1. The third-order valence-corrected chi connectivity index (χ3v) is 7.56. The molecule has 1 aromatic rings. The zero-order valence-corrected chi connectivity index (χ0v) is 19.0. The summed E-state index contributed by atoms with van der Waals surface area (Å²) in [6.07, 6.45) is -0.790. The van der Waals surface area contributed by atoms with Crippen molar-refractivity contribution in [1.29, 1.82) is 0 Å². The molecule has 2 heterocycles. The molecular weight excluding hydrogens is 438 g/mol. The lowest BCUT2D eigenvalue weighted by Crippen LogP contribution is -2.51. The van der Waals surface area contributed by atoms with E-state index in [0.29, 0.717) is 6.42 Å². The van der Waals surface area contributed by atoms with Crippen LogP contribution < -0.4 is 5.32 Å². The molecule has 32 heavy (non-hydrogen) atoms. The summed E-state index contributed by atoms with van der Waals surface area (Å²) < 4.78 is 31.9. The number of piperazine rings is 1. The van der Waals surface area contributed by atoms with E-state index in [1.165, 1.54) is 4.31 Å². The molecule has 3 atom stereocenters. The fourth-order valence-corrected chi connectivity index (χ4v) is 5.16. The molecule has 2 N–H and O–H groups in total. The highest BCUT2D eigenvalue weighted by atomic mass is 32.2. The van der Waals surface area contributed by atoms with Gasteiger partial charge in [-0.05, 0) is 25.5 Å². The molecule has 2 fully saturated rings. The molecule has 0 spiro atoms. The number of sulfonamides is 1. The molecule has 10 nitrogen and oxygen atoms in total. The van der Waals surface area contributed by atoms with Gasteiger partial charge in [0.2, 0.25) is 15.9 Å². The molecule has 2 aliphatic heterocycles. The molecule has 0 aliphatic carbocycles. The molecule has 1 aromatic carbocycles. The summed E-state index contributed by atoms with van der Waals surface area (Å²) in [4.78, 5) is 37.6. The van der Waals surface area contributed by atoms with Gasteiger partial charge in [0.15, 0.2) is 12.2 Å². The number of carbonyl (C=O) groups excluding carboxylic acids is 2. The second kappa shape index (κ2) is 9.97. The molecule has 0 bridgehead atoms. The molecule has 2 aliphatic rings. The number of epoxide rings is 1. The molecule has 0 saturated carbocycles. The number of ether oxygens (including phenoxy) is 1. The second-order valence-corrected chi connectivity index (χ2v) is 10.0. The fourth-order valence-electron chi connectivity index (χ4n) is 3.73. The number of carbonyl (C=O) groups is 3. The van der Waals surface area contributed by atoms with E-state index in [0.717, 1.165) is 12.0 Å². The van der Waals surface area contributed by atoms with E-state index < -0.39 is 40.1 Å². The van der Waals surface area contributed by atoms with Crippen molar-refractivity contribution in [3.8, 4) is 0 Å². The first kappa shape index (κ1) is 24.1. The van der Waals surface area contributed by atoms with Crippen molar-refractivity contribution in [1.82, 2.24) is 14.5 Å². The summed E-state index contributed by atoms with van der Waals surface area (Å²) >= 11 is 0. The lowest BCUT2D eigenvalue weighted by molar-refractivity contribution is -0.138. The minimum absolute atomic E-state index is 0.0642. The molecular formula is C21H29N3O7S. The SMILES string of the molecule is CCCC(CC(=O)N1CCN(S(=O)(=O)c2ccc(C)cc2)CC1)NC(=O)[C@H]1O[C@@H]1C(=O)O. The predicted octanol–water partition coefficient (Wildman–Crippen LogP) is 0.355. The topological polar surface area (TPSA) is 137 Å². The molecule has 3 rings (SSSR count). The van der Waals surface area contributed by atoms with Gasteiger partial charge in [-0.25, -0.2) is 13.2 Å². The van der Waals surface area contributed by atoms with Crippen molar-refractivity contribution in [2.45, 2.75) is 56.3 Å². The summed E-state index contributed by atoms with van der Waals surface area (Å²) in [6.45, 7) is 4.74. The van der Waals surface area contributed by atoms with E-state index >= 15 is 0 Å². The molecule has 2 amide bonds. The van der Waals surface area contributed by atoms with Crippen LogP contribution in [0, 0.1) is 6.92 Å². The third kappa shape index (κ3) is 5.64. The Hall–Kier alpha value is -2.50. The van der Waals surface area contributed by atoms with Crippen LogP contribution >= 0.6 is 0 Å². The lowest BCUT2D eigenvalue weighted by atomic mass is 10.1. The normalized spacial score (nSPS) is 22.2. The summed E-state index contributed by atoms with van der Waals surface area (Å²) in [5.74, 6) is -1.90. The number of carboxylic acids is 1. The van der Waals surface area contributed by atoms with E-state index in [1.807, 2.05) is 13.8 Å². The Kier molecular flexibility index (Phi) is 7.52. The number of nitrogens with one attached hydrogen (secondary N) is 1. The first-order valence-electron chi connectivity index (χ1n) is 10.7. The molecule has 176 valence electrons. The number of carboxylic acid groups (broad SMARTS) is 1. The summed E-state index contributed by atoms with van der Waals surface area (Å²) in [7, 11) is -3.61. The van der Waals surface area contributed by atoms with Gasteiger partial charge in [-0.1, -0.05) is 31.0 Å². The Balaban J connectivity index is 1.53. The maximum absolute atomic E-state index is 12.8. The quantitative estimate of drug-likeness (QED) is 0.500. The highest BCUT2D eigenvalue weighted by Gasteiger charge is 2.51. The van der Waals surface area contributed by atoms with Crippen molar-refractivity contribution < 1.29 is 32.6 Å². The zero-order chi connectivity index (χ0) is 23.5. The zero-order valence-electron chi connectivity index (χ0n) is 18.2. The molecule has 0 aromatic heterocycles. The van der Waals surface area contributed by atoms with Crippen LogP contribution in [0.2, 0.25) is 0 Å². The van der Waals surface area contributed by atoms with Crippen LogP contribution in [-0.4, -0.2) is 84.9 Å². The van der Waals surface area contributed by atoms with Crippen LogP contribution in [0.25, 0.3) is 0 Å². The maximum Gasteiger partial charge on any atom is 0.336 e. The third-order valence-electron chi connectivity index (χ3n) is 5.65. The minimum atomic E-state index is -3.61. The largest absolute Gasteiger partial charge is 0.479 e. The van der Waals surface area contributed by atoms with Crippen LogP contribution in [0.1, 0.15) is 31.7 Å². The van der Waals surface area contributed by atoms with E-state index in [2.05, 4.69) is 5.32 Å². The van der Waals surface area contributed by atoms with Gasteiger partial charge in [0.05, 0.1) is 4.90 Å². The Morgan fingerprint density at radius 2 is 1.75 bits per heavy atom. The van der Waals surface area contributed by atoms with Crippen molar-refractivity contribution in [2.24, 2.45) is 0 Å². The van der Waals surface area contributed by atoms with Gasteiger partial charge in [0.1, 0.15) is 0 Å². The van der Waals surface area contributed by atoms with Gasteiger partial charge in [-0.2, -0.15) is 4.31 Å². The molecule has 2 saturated heterocycles. The number of benzene rings is 1. The summed E-state index contributed by atoms with van der Waals surface area (Å²) in [5.41, 5.74) is 0.972. The molecule has 0 radical (unpaired) electrons. The Bertz CT molecular complexity index is 956. The van der Waals surface area contributed by atoms with Gasteiger partial charge in [0.25, 0.3) is 5.91 Å². The van der Waals surface area contributed by atoms with Crippen LogP contribution in [0.4, 0.5) is 0 Å². The van der Waals surface area contributed by atoms with Crippen LogP contribution in [0.3, 0.4) is 0 Å². The van der Waals surface area contributed by atoms with Gasteiger partial charge >= 0.3 is 5.97 Å². The predicted molar refractivity (Wildman–Crippen MR) is 114 cm³/mol. The van der Waals surface area contributed by atoms with Crippen molar-refractivity contribution in [3.63, 3.8) is 0 Å². The standard InChI is InChI=1S/C21H29N3O7S/c1-3-4-15(22-20(26)18-19(31-18)21(27)28)13-17(25)23-9-11-24(12-10-23)32(29,30)16-7-5-14(2)6-8-16/h5-8,15,18-19H,3-4,9-13H2,1-2H3,(H,22,26)(H,27,28)/t15?,18-,19-/m0/s1. The highest BCUT2D eigenvalue weighted by molar-refractivity contribution is 7.89. The van der Waals surface area contributed by atoms with Crippen molar-refractivity contribution in [3.05, 3.63) is 29.8 Å². The second-order valence-electron chi connectivity index (χ2n) is 8.11. The van der Waals surface area contributed by atoms with Gasteiger partial charge < -0.3 is 20.1 Å². The summed E-state index contributed by atoms with van der Waals surface area (Å²) in [5, 5.41) is 11.6. The van der Waals surface area contributed by atoms with Crippen molar-refractivity contribution >= 4 is 27.8 Å². The van der Waals surface area contributed by atoms with Gasteiger partial charge in [0, 0.05) is 38.6 Å². The number of hydrogen-bond donors (Lipinski definition) is 2. The van der Waals surface area contributed by atoms with E-state index in [1.54, 1.807) is 29.2 Å². The highest BCUT2D eigenvalue weighted by Crippen LogP contribution is 2.23. The first-order valence-corrected chi connectivity index (χ1v) is 12.1. The van der Waals surface area contributed by atoms with E-state index in [4.69, 9.17) is 9.84 Å². The maximum atomic E-state index is 12.8. The number of amides is 2. The lowest BCUT2D eigenvalue weighted by Gasteiger charge is -2.34. The Labute approximate surface area is 187 Å². The van der Waals surface area contributed by atoms with E-state index in [-0.39, 0.29) is 43.4 Å². The van der Waals surface area contributed by atoms with Crippen LogP contribution in [0.5, 0.6) is 0 Å². The number of nitrogens with zero attached hydrogens (tertiary/aromatic N) is 2. The smallest absolute Gasteiger partial charge is 0.336 e. The van der Waals surface area contributed by atoms with Gasteiger partial charge in [-0.3, -0.25) is 9.59 Å². The number of hydrogen-bond acceptors (Lipinski definition) is 6. The Morgan fingerprint density at radius 1 is 1.12 bits per heavy atom. The first-order chi connectivity index (χ1) is 15.1. The number of rotatable bonds is 9. The average molecular weight is 468 g/mol. The van der Waals surface area contributed by atoms with Crippen LogP contribution in [-0.2, 0) is 29.1 Å². The summed E-state index contributed by atoms with van der Waals surface area (Å²) in [6, 6.07) is 6.23. The van der Waals surface area contributed by atoms with Gasteiger partial charge in [-0.15, -0.1) is 0 Å². The average Bonchev–Trinajstić information content (AvgIpc) is 3.56. The Morgan fingerprint density at radius 3 is 2.28 bits per heavy atom. The number of aryl methyl sites for hydroxylation is 1. The minimum Gasteiger partial charge on any atom is -0.479 e. The van der Waals surface area contributed by atoms with E-state index in [9.17, 15) is 22.8 Å². The monoisotopic (exact) mass is 467 g/mol. The van der Waals surface area contributed by atoms with Crippen molar-refractivity contribution in [2.75, 3.05) is 26.2 Å². The van der Waals surface area contributed by atoms with Crippen LogP contribution in [0.15, 0.2) is 29.2 Å². The molecule has 1 unspecified atom stereocenters. The molecule has 11 heteroatoms.